The Hall–Kier alpha value is -1.95. The molecule has 1 aromatic carbocycles. The SMILES string of the molecule is CC(C)[C@@H](N)C(=O)N(C)Cc1cccc([N+](=O)[O-])c1. The van der Waals surface area contributed by atoms with Crippen LogP contribution in [0.4, 0.5) is 5.69 Å². The van der Waals surface area contributed by atoms with Crippen LogP contribution in [0.5, 0.6) is 0 Å². The molecule has 1 amide bonds. The topological polar surface area (TPSA) is 89.5 Å². The van der Waals surface area contributed by atoms with E-state index in [1.807, 2.05) is 13.8 Å². The average Bonchev–Trinajstić information content (AvgIpc) is 2.37. The molecule has 0 unspecified atom stereocenters. The van der Waals surface area contributed by atoms with Gasteiger partial charge in [0.2, 0.25) is 5.91 Å². The van der Waals surface area contributed by atoms with Gasteiger partial charge in [0.15, 0.2) is 0 Å². The van der Waals surface area contributed by atoms with Crippen LogP contribution in [-0.4, -0.2) is 28.8 Å². The van der Waals surface area contributed by atoms with Gasteiger partial charge in [-0.3, -0.25) is 14.9 Å². The lowest BCUT2D eigenvalue weighted by molar-refractivity contribution is -0.384. The third-order valence-corrected chi connectivity index (χ3v) is 2.92. The molecule has 2 N–H and O–H groups in total. The third-order valence-electron chi connectivity index (χ3n) is 2.92. The molecule has 0 saturated carbocycles. The molecule has 1 rings (SSSR count). The Morgan fingerprint density at radius 2 is 2.11 bits per heavy atom. The highest BCUT2D eigenvalue weighted by molar-refractivity contribution is 5.81. The van der Waals surface area contributed by atoms with Crippen LogP contribution in [0.1, 0.15) is 19.4 Å². The van der Waals surface area contributed by atoms with Crippen molar-refractivity contribution in [2.45, 2.75) is 26.4 Å². The van der Waals surface area contributed by atoms with E-state index in [2.05, 4.69) is 0 Å². The quantitative estimate of drug-likeness (QED) is 0.646. The smallest absolute Gasteiger partial charge is 0.269 e. The fourth-order valence-electron chi connectivity index (χ4n) is 1.66. The van der Waals surface area contributed by atoms with Crippen LogP contribution >= 0.6 is 0 Å². The highest BCUT2D eigenvalue weighted by atomic mass is 16.6. The van der Waals surface area contributed by atoms with Crippen LogP contribution in [0.15, 0.2) is 24.3 Å². The van der Waals surface area contributed by atoms with Gasteiger partial charge in [-0.25, -0.2) is 0 Å². The number of nitrogens with two attached hydrogens (primary N) is 1. The van der Waals surface area contributed by atoms with Gasteiger partial charge in [-0.15, -0.1) is 0 Å². The van der Waals surface area contributed by atoms with Crippen molar-refractivity contribution in [1.29, 1.82) is 0 Å². The van der Waals surface area contributed by atoms with Crippen molar-refractivity contribution in [2.24, 2.45) is 11.7 Å². The van der Waals surface area contributed by atoms with Gasteiger partial charge in [-0.05, 0) is 11.5 Å². The van der Waals surface area contributed by atoms with Gasteiger partial charge in [-0.1, -0.05) is 26.0 Å². The molecule has 1 atom stereocenters. The number of carbonyl (C=O) groups is 1. The average molecular weight is 265 g/mol. The maximum Gasteiger partial charge on any atom is 0.269 e. The molecule has 0 radical (unpaired) electrons. The lowest BCUT2D eigenvalue weighted by Crippen LogP contribution is -2.44. The van der Waals surface area contributed by atoms with E-state index in [9.17, 15) is 14.9 Å². The number of carbonyl (C=O) groups excluding carboxylic acids is 1. The maximum atomic E-state index is 12.0. The van der Waals surface area contributed by atoms with Crippen molar-refractivity contribution < 1.29 is 9.72 Å². The van der Waals surface area contributed by atoms with Crippen molar-refractivity contribution in [3.8, 4) is 0 Å². The Kier molecular flexibility index (Phi) is 5.00. The lowest BCUT2D eigenvalue weighted by atomic mass is 10.0. The Morgan fingerprint density at radius 1 is 1.47 bits per heavy atom. The first-order chi connectivity index (χ1) is 8.82. The molecule has 0 aliphatic heterocycles. The van der Waals surface area contributed by atoms with E-state index in [0.717, 1.165) is 0 Å². The Morgan fingerprint density at radius 3 is 2.63 bits per heavy atom. The third kappa shape index (κ3) is 4.03. The van der Waals surface area contributed by atoms with Crippen LogP contribution in [0, 0.1) is 16.0 Å². The largest absolute Gasteiger partial charge is 0.340 e. The van der Waals surface area contributed by atoms with E-state index in [0.29, 0.717) is 12.1 Å². The molecule has 0 aromatic heterocycles. The van der Waals surface area contributed by atoms with Gasteiger partial charge < -0.3 is 10.6 Å². The predicted octanol–water partition coefficient (Wildman–Crippen LogP) is 1.54. The van der Waals surface area contributed by atoms with Gasteiger partial charge in [0.1, 0.15) is 0 Å². The molecule has 6 nitrogen and oxygen atoms in total. The van der Waals surface area contributed by atoms with Crippen LogP contribution in [0.3, 0.4) is 0 Å². The summed E-state index contributed by atoms with van der Waals surface area (Å²) in [6.45, 7) is 4.06. The maximum absolute atomic E-state index is 12.0. The van der Waals surface area contributed by atoms with Crippen LogP contribution in [0.2, 0.25) is 0 Å². The molecule has 0 aliphatic carbocycles. The van der Waals surface area contributed by atoms with Crippen molar-refractivity contribution >= 4 is 11.6 Å². The summed E-state index contributed by atoms with van der Waals surface area (Å²) in [6.07, 6.45) is 0. The molecule has 0 aliphatic rings. The zero-order valence-corrected chi connectivity index (χ0v) is 11.4. The van der Waals surface area contributed by atoms with Gasteiger partial charge in [-0.2, -0.15) is 0 Å². The molecule has 0 spiro atoms. The fourth-order valence-corrected chi connectivity index (χ4v) is 1.66. The summed E-state index contributed by atoms with van der Waals surface area (Å²) in [5.74, 6) is -0.110. The van der Waals surface area contributed by atoms with Gasteiger partial charge in [0.25, 0.3) is 5.69 Å². The van der Waals surface area contributed by atoms with E-state index in [1.165, 1.54) is 17.0 Å². The first kappa shape index (κ1) is 15.1. The minimum Gasteiger partial charge on any atom is -0.340 e. The summed E-state index contributed by atoms with van der Waals surface area (Å²) in [6, 6.07) is 5.69. The highest BCUT2D eigenvalue weighted by Crippen LogP contribution is 2.15. The molecular formula is C13H19N3O3. The summed E-state index contributed by atoms with van der Waals surface area (Å²) >= 11 is 0. The summed E-state index contributed by atoms with van der Waals surface area (Å²) in [4.78, 5) is 23.7. The van der Waals surface area contributed by atoms with Crippen LogP contribution < -0.4 is 5.73 Å². The summed E-state index contributed by atoms with van der Waals surface area (Å²) < 4.78 is 0. The molecule has 6 heteroatoms. The van der Waals surface area contributed by atoms with E-state index in [1.54, 1.807) is 19.2 Å². The van der Waals surface area contributed by atoms with E-state index < -0.39 is 11.0 Å². The zero-order valence-electron chi connectivity index (χ0n) is 11.4. The second-order valence-electron chi connectivity index (χ2n) is 4.89. The summed E-state index contributed by atoms with van der Waals surface area (Å²) in [7, 11) is 1.64. The van der Waals surface area contributed by atoms with Gasteiger partial charge in [0, 0.05) is 25.7 Å². The van der Waals surface area contributed by atoms with Gasteiger partial charge >= 0.3 is 0 Å². The minimum absolute atomic E-state index is 0.0199. The molecule has 19 heavy (non-hydrogen) atoms. The minimum atomic E-state index is -0.552. The lowest BCUT2D eigenvalue weighted by Gasteiger charge is -2.23. The number of amides is 1. The molecule has 0 heterocycles. The van der Waals surface area contributed by atoms with Crippen molar-refractivity contribution in [3.05, 3.63) is 39.9 Å². The first-order valence-corrected chi connectivity index (χ1v) is 6.06. The number of likely N-dealkylation sites (N-methyl/N-ethyl adjacent to an activating group) is 1. The molecular weight excluding hydrogens is 246 g/mol. The molecule has 0 saturated heterocycles. The highest BCUT2D eigenvalue weighted by Gasteiger charge is 2.21. The van der Waals surface area contributed by atoms with Gasteiger partial charge in [0.05, 0.1) is 11.0 Å². The standard InChI is InChI=1S/C13H19N3O3/c1-9(2)12(14)13(17)15(3)8-10-5-4-6-11(7-10)16(18)19/h4-7,9,12H,8,14H2,1-3H3/t12-/m1/s1. The second-order valence-corrected chi connectivity index (χ2v) is 4.89. The monoisotopic (exact) mass is 265 g/mol. The molecule has 1 aromatic rings. The van der Waals surface area contributed by atoms with Crippen molar-refractivity contribution in [3.63, 3.8) is 0 Å². The number of hydrogen-bond acceptors (Lipinski definition) is 4. The number of nitro benzene ring substituents is 1. The first-order valence-electron chi connectivity index (χ1n) is 6.06. The number of hydrogen-bond donors (Lipinski definition) is 1. The Bertz CT molecular complexity index is 474. The molecule has 0 fully saturated rings. The predicted molar refractivity (Wildman–Crippen MR) is 72.4 cm³/mol. The summed E-state index contributed by atoms with van der Waals surface area (Å²) in [5, 5.41) is 10.7. The molecule has 0 bridgehead atoms. The Labute approximate surface area is 112 Å². The number of nitro groups is 1. The summed E-state index contributed by atoms with van der Waals surface area (Å²) in [5.41, 5.74) is 6.52. The molecule has 104 valence electrons. The normalized spacial score (nSPS) is 12.3. The fraction of sp³-hybridized carbons (Fsp3) is 0.462. The van der Waals surface area contributed by atoms with E-state index in [-0.39, 0.29) is 17.5 Å². The number of rotatable bonds is 5. The van der Waals surface area contributed by atoms with Crippen molar-refractivity contribution in [1.82, 2.24) is 4.90 Å². The number of benzene rings is 1. The number of nitrogens with zero attached hydrogens (tertiary/aromatic N) is 2. The van der Waals surface area contributed by atoms with Crippen molar-refractivity contribution in [2.75, 3.05) is 7.05 Å². The number of non-ortho nitro benzene ring substituents is 1. The zero-order chi connectivity index (χ0) is 14.6. The van der Waals surface area contributed by atoms with Crippen LogP contribution in [0.25, 0.3) is 0 Å². The van der Waals surface area contributed by atoms with E-state index >= 15 is 0 Å². The second kappa shape index (κ2) is 6.29. The van der Waals surface area contributed by atoms with Crippen LogP contribution in [-0.2, 0) is 11.3 Å². The Balaban J connectivity index is 2.76. The van der Waals surface area contributed by atoms with E-state index in [4.69, 9.17) is 5.73 Å².